The van der Waals surface area contributed by atoms with Crippen LogP contribution in [0.4, 0.5) is 13.2 Å². The molecule has 0 aliphatic carbocycles. The van der Waals surface area contributed by atoms with E-state index in [0.717, 1.165) is 11.6 Å². The minimum atomic E-state index is -4.39. The number of hydrogen-bond acceptors (Lipinski definition) is 1. The van der Waals surface area contributed by atoms with Crippen LogP contribution in [0.2, 0.25) is 0 Å². The van der Waals surface area contributed by atoms with E-state index in [1.807, 2.05) is 13.8 Å². The third-order valence-electron chi connectivity index (χ3n) is 3.42. The van der Waals surface area contributed by atoms with Crippen LogP contribution in [0.1, 0.15) is 44.9 Å². The van der Waals surface area contributed by atoms with Crippen molar-refractivity contribution in [3.8, 4) is 0 Å². The number of fused-ring (bicyclic) bond motifs is 1. The number of rotatable bonds is 3. The summed E-state index contributed by atoms with van der Waals surface area (Å²) >= 11 is 0. The lowest BCUT2D eigenvalue weighted by Gasteiger charge is -2.16. The van der Waals surface area contributed by atoms with E-state index < -0.39 is 17.3 Å². The van der Waals surface area contributed by atoms with Gasteiger partial charge in [-0.05, 0) is 39.3 Å². The third kappa shape index (κ3) is 3.23. The van der Waals surface area contributed by atoms with Crippen LogP contribution < -0.4 is 0 Å². The molecule has 0 aliphatic heterocycles. The van der Waals surface area contributed by atoms with E-state index in [1.54, 1.807) is 30.7 Å². The fourth-order valence-corrected chi connectivity index (χ4v) is 2.63. The number of para-hydroxylation sites is 1. The summed E-state index contributed by atoms with van der Waals surface area (Å²) in [5.74, 6) is 0. The van der Waals surface area contributed by atoms with Gasteiger partial charge in [0.2, 0.25) is 0 Å². The first-order valence-electron chi connectivity index (χ1n) is 6.93. The van der Waals surface area contributed by atoms with Crippen molar-refractivity contribution in [3.63, 3.8) is 0 Å². The average molecular weight is 299 g/mol. The highest BCUT2D eigenvalue weighted by molar-refractivity contribution is 5.87. The standard InChI is InChI=1S/C16H20F3NO/c1-10(2)20-9-11(8-15(3,4)21)12-6-5-7-13(14(12)20)16(17,18)19/h5-7,9-10,21H,8H2,1-4H3. The molecule has 0 spiro atoms. The monoisotopic (exact) mass is 299 g/mol. The first-order valence-corrected chi connectivity index (χ1v) is 6.93. The maximum atomic E-state index is 13.2. The van der Waals surface area contributed by atoms with Crippen LogP contribution in [-0.2, 0) is 12.6 Å². The summed E-state index contributed by atoms with van der Waals surface area (Å²) in [6.07, 6.45) is -2.36. The van der Waals surface area contributed by atoms with E-state index >= 15 is 0 Å². The molecule has 116 valence electrons. The van der Waals surface area contributed by atoms with Gasteiger partial charge in [0.05, 0.1) is 16.7 Å². The predicted octanol–water partition coefficient (Wildman–Crippen LogP) is 4.55. The number of alkyl halides is 3. The summed E-state index contributed by atoms with van der Waals surface area (Å²) in [6.45, 7) is 7.00. The van der Waals surface area contributed by atoms with Crippen LogP contribution >= 0.6 is 0 Å². The highest BCUT2D eigenvalue weighted by atomic mass is 19.4. The van der Waals surface area contributed by atoms with Crippen molar-refractivity contribution in [3.05, 3.63) is 35.5 Å². The summed E-state index contributed by atoms with van der Waals surface area (Å²) in [5.41, 5.74) is -0.670. The van der Waals surface area contributed by atoms with Crippen molar-refractivity contribution in [2.75, 3.05) is 0 Å². The second-order valence-electron chi connectivity index (χ2n) is 6.34. The molecule has 5 heteroatoms. The Morgan fingerprint density at radius 3 is 2.29 bits per heavy atom. The lowest BCUT2D eigenvalue weighted by atomic mass is 9.97. The molecule has 1 heterocycles. The maximum Gasteiger partial charge on any atom is 0.418 e. The van der Waals surface area contributed by atoms with Crippen molar-refractivity contribution in [1.29, 1.82) is 0 Å². The molecule has 1 aromatic heterocycles. The number of hydrogen-bond donors (Lipinski definition) is 1. The summed E-state index contributed by atoms with van der Waals surface area (Å²) < 4.78 is 41.4. The largest absolute Gasteiger partial charge is 0.418 e. The van der Waals surface area contributed by atoms with Gasteiger partial charge >= 0.3 is 6.18 Å². The van der Waals surface area contributed by atoms with E-state index in [9.17, 15) is 18.3 Å². The van der Waals surface area contributed by atoms with E-state index in [1.165, 1.54) is 6.07 Å². The molecule has 2 rings (SSSR count). The van der Waals surface area contributed by atoms with Crippen molar-refractivity contribution >= 4 is 10.9 Å². The van der Waals surface area contributed by atoms with Crippen molar-refractivity contribution in [1.82, 2.24) is 4.57 Å². The van der Waals surface area contributed by atoms with Gasteiger partial charge in [-0.1, -0.05) is 12.1 Å². The molecule has 0 radical (unpaired) electrons. The zero-order valence-corrected chi connectivity index (χ0v) is 12.6. The van der Waals surface area contributed by atoms with Gasteiger partial charge in [-0.2, -0.15) is 13.2 Å². The van der Waals surface area contributed by atoms with Gasteiger partial charge in [0, 0.05) is 24.0 Å². The molecule has 21 heavy (non-hydrogen) atoms. The molecule has 1 aromatic carbocycles. The molecule has 0 fully saturated rings. The highest BCUT2D eigenvalue weighted by Crippen LogP contribution is 2.38. The minimum Gasteiger partial charge on any atom is -0.390 e. The Bertz CT molecular complexity index is 648. The number of aromatic nitrogens is 1. The van der Waals surface area contributed by atoms with Crippen LogP contribution in [0.3, 0.4) is 0 Å². The van der Waals surface area contributed by atoms with Crippen LogP contribution in [0.15, 0.2) is 24.4 Å². The normalized spacial score (nSPS) is 13.4. The zero-order chi connectivity index (χ0) is 16.0. The Kier molecular flexibility index (Phi) is 3.82. The van der Waals surface area contributed by atoms with Gasteiger partial charge in [-0.3, -0.25) is 0 Å². The van der Waals surface area contributed by atoms with Gasteiger partial charge in [0.25, 0.3) is 0 Å². The number of nitrogens with zero attached hydrogens (tertiary/aromatic N) is 1. The third-order valence-corrected chi connectivity index (χ3v) is 3.42. The molecule has 0 bridgehead atoms. The predicted molar refractivity (Wildman–Crippen MR) is 77.3 cm³/mol. The maximum absolute atomic E-state index is 13.2. The smallest absolute Gasteiger partial charge is 0.390 e. The first-order chi connectivity index (χ1) is 9.50. The summed E-state index contributed by atoms with van der Waals surface area (Å²) in [6, 6.07) is 4.12. The highest BCUT2D eigenvalue weighted by Gasteiger charge is 2.34. The van der Waals surface area contributed by atoms with Crippen LogP contribution in [0.25, 0.3) is 10.9 Å². The van der Waals surface area contributed by atoms with Gasteiger partial charge < -0.3 is 9.67 Å². The minimum absolute atomic E-state index is 0.0912. The first kappa shape index (κ1) is 15.9. The lowest BCUT2D eigenvalue weighted by Crippen LogP contribution is -2.21. The molecular formula is C16H20F3NO. The lowest BCUT2D eigenvalue weighted by molar-refractivity contribution is -0.136. The van der Waals surface area contributed by atoms with Crippen molar-refractivity contribution in [2.24, 2.45) is 0 Å². The molecule has 0 atom stereocenters. The van der Waals surface area contributed by atoms with Gasteiger partial charge in [-0.15, -0.1) is 0 Å². The SMILES string of the molecule is CC(C)n1cc(CC(C)(C)O)c2cccc(C(F)(F)F)c21. The van der Waals surface area contributed by atoms with Crippen LogP contribution in [-0.4, -0.2) is 15.3 Å². The number of benzene rings is 1. The van der Waals surface area contributed by atoms with Gasteiger partial charge in [-0.25, -0.2) is 0 Å². The van der Waals surface area contributed by atoms with Gasteiger partial charge in [0.15, 0.2) is 0 Å². The second kappa shape index (κ2) is 5.05. The second-order valence-corrected chi connectivity index (χ2v) is 6.34. The van der Waals surface area contributed by atoms with E-state index in [-0.39, 0.29) is 11.6 Å². The number of halogens is 3. The molecule has 0 saturated carbocycles. The van der Waals surface area contributed by atoms with Crippen molar-refractivity contribution < 1.29 is 18.3 Å². The fraction of sp³-hybridized carbons (Fsp3) is 0.500. The van der Waals surface area contributed by atoms with E-state index in [4.69, 9.17) is 0 Å². The van der Waals surface area contributed by atoms with Crippen molar-refractivity contribution in [2.45, 2.75) is 51.9 Å². The Balaban J connectivity index is 2.76. The topological polar surface area (TPSA) is 25.2 Å². The van der Waals surface area contributed by atoms with Gasteiger partial charge in [0.1, 0.15) is 0 Å². The quantitative estimate of drug-likeness (QED) is 0.883. The molecule has 0 unspecified atom stereocenters. The molecule has 1 N–H and O–H groups in total. The molecule has 0 saturated heterocycles. The number of aliphatic hydroxyl groups is 1. The molecule has 0 aliphatic rings. The Morgan fingerprint density at radius 2 is 1.81 bits per heavy atom. The molecular weight excluding hydrogens is 279 g/mol. The Morgan fingerprint density at radius 1 is 1.19 bits per heavy atom. The summed E-state index contributed by atoms with van der Waals surface area (Å²) in [4.78, 5) is 0. The van der Waals surface area contributed by atoms with E-state index in [2.05, 4.69) is 0 Å². The fourth-order valence-electron chi connectivity index (χ4n) is 2.63. The summed E-state index contributed by atoms with van der Waals surface area (Å²) in [5, 5.41) is 10.5. The average Bonchev–Trinajstić information content (AvgIpc) is 2.65. The zero-order valence-electron chi connectivity index (χ0n) is 12.6. The summed E-state index contributed by atoms with van der Waals surface area (Å²) in [7, 11) is 0. The van der Waals surface area contributed by atoms with Crippen LogP contribution in [0.5, 0.6) is 0 Å². The van der Waals surface area contributed by atoms with E-state index in [0.29, 0.717) is 11.8 Å². The molecule has 2 aromatic rings. The Labute approximate surface area is 122 Å². The Hall–Kier alpha value is -1.49. The molecule has 0 amide bonds. The van der Waals surface area contributed by atoms with Crippen LogP contribution in [0, 0.1) is 0 Å². The molecule has 2 nitrogen and oxygen atoms in total.